The average Bonchev–Trinajstić information content (AvgIpc) is 3.00. The second kappa shape index (κ2) is 8.17. The van der Waals surface area contributed by atoms with E-state index in [0.29, 0.717) is 21.8 Å². The third-order valence-corrected chi connectivity index (χ3v) is 5.88. The lowest BCUT2D eigenvalue weighted by atomic mass is 9.95. The summed E-state index contributed by atoms with van der Waals surface area (Å²) in [6, 6.07) is 12.8. The van der Waals surface area contributed by atoms with Crippen molar-refractivity contribution in [1.29, 1.82) is 0 Å². The standard InChI is InChI=1S/C24H18Cl2N2O3/c1-13-9-14(2)11-17(10-13)28-21(15-5-7-27-8-6-15)20(23(30)24(28)31)22(29)16-3-4-18(25)19(26)12-16/h3-12,21,29H,1-2H3/b22-20-. The van der Waals surface area contributed by atoms with Crippen molar-refractivity contribution in [3.63, 3.8) is 0 Å². The largest absolute Gasteiger partial charge is 0.507 e. The quantitative estimate of drug-likeness (QED) is 0.317. The lowest BCUT2D eigenvalue weighted by Crippen LogP contribution is -2.29. The highest BCUT2D eigenvalue weighted by Crippen LogP contribution is 2.42. The van der Waals surface area contributed by atoms with Gasteiger partial charge in [0.15, 0.2) is 0 Å². The molecule has 1 aliphatic heterocycles. The van der Waals surface area contributed by atoms with Crippen molar-refractivity contribution in [2.75, 3.05) is 4.90 Å². The number of anilines is 1. The maximum absolute atomic E-state index is 13.1. The van der Waals surface area contributed by atoms with E-state index in [4.69, 9.17) is 23.2 Å². The molecule has 4 rings (SSSR count). The number of amides is 1. The SMILES string of the molecule is Cc1cc(C)cc(N2C(=O)C(=O)/C(=C(\O)c3ccc(Cl)c(Cl)c3)C2c2ccncc2)c1. The predicted octanol–water partition coefficient (Wildman–Crippen LogP) is 5.63. The highest BCUT2D eigenvalue weighted by Gasteiger charge is 2.47. The van der Waals surface area contributed by atoms with Gasteiger partial charge in [-0.25, -0.2) is 0 Å². The molecular formula is C24H18Cl2N2O3. The number of carbonyl (C=O) groups excluding carboxylic acids is 2. The van der Waals surface area contributed by atoms with Crippen molar-refractivity contribution in [1.82, 2.24) is 4.98 Å². The zero-order valence-electron chi connectivity index (χ0n) is 16.8. The average molecular weight is 453 g/mol. The minimum atomic E-state index is -0.821. The zero-order chi connectivity index (χ0) is 22.3. The van der Waals surface area contributed by atoms with Crippen LogP contribution in [-0.4, -0.2) is 21.8 Å². The van der Waals surface area contributed by atoms with Gasteiger partial charge in [0.25, 0.3) is 11.7 Å². The van der Waals surface area contributed by atoms with Crippen LogP contribution in [0.4, 0.5) is 5.69 Å². The number of carbonyl (C=O) groups is 2. The monoisotopic (exact) mass is 452 g/mol. The molecule has 0 radical (unpaired) electrons. The lowest BCUT2D eigenvalue weighted by Gasteiger charge is -2.26. The van der Waals surface area contributed by atoms with Crippen LogP contribution in [0.5, 0.6) is 0 Å². The van der Waals surface area contributed by atoms with E-state index < -0.39 is 17.7 Å². The van der Waals surface area contributed by atoms with Gasteiger partial charge < -0.3 is 5.11 Å². The summed E-state index contributed by atoms with van der Waals surface area (Å²) in [7, 11) is 0. The molecule has 2 heterocycles. The number of halogens is 2. The van der Waals surface area contributed by atoms with Gasteiger partial charge in [0.05, 0.1) is 21.7 Å². The van der Waals surface area contributed by atoms with E-state index in [9.17, 15) is 14.7 Å². The third-order valence-electron chi connectivity index (χ3n) is 5.14. The minimum Gasteiger partial charge on any atom is -0.507 e. The first-order valence-electron chi connectivity index (χ1n) is 9.52. The van der Waals surface area contributed by atoms with E-state index in [1.807, 2.05) is 32.0 Å². The Balaban J connectivity index is 1.97. The van der Waals surface area contributed by atoms with Gasteiger partial charge in [-0.05, 0) is 73.0 Å². The Bertz CT molecular complexity index is 1220. The second-order valence-electron chi connectivity index (χ2n) is 7.42. The normalized spacial score (nSPS) is 17.9. The van der Waals surface area contributed by atoms with Gasteiger partial charge in [-0.15, -0.1) is 0 Å². The van der Waals surface area contributed by atoms with Gasteiger partial charge >= 0.3 is 0 Å². The fourth-order valence-electron chi connectivity index (χ4n) is 3.85. The van der Waals surface area contributed by atoms with Crippen LogP contribution in [0.1, 0.15) is 28.3 Å². The summed E-state index contributed by atoms with van der Waals surface area (Å²) in [5.41, 5.74) is 3.41. The molecular weight excluding hydrogens is 435 g/mol. The number of aromatic nitrogens is 1. The van der Waals surface area contributed by atoms with Gasteiger partial charge in [0.2, 0.25) is 0 Å². The molecule has 1 saturated heterocycles. The van der Waals surface area contributed by atoms with E-state index in [1.54, 1.807) is 30.6 Å². The second-order valence-corrected chi connectivity index (χ2v) is 8.24. The molecule has 0 spiro atoms. The van der Waals surface area contributed by atoms with Crippen LogP contribution in [0, 0.1) is 13.8 Å². The highest BCUT2D eigenvalue weighted by atomic mass is 35.5. The summed E-state index contributed by atoms with van der Waals surface area (Å²) in [6.45, 7) is 3.84. The highest BCUT2D eigenvalue weighted by molar-refractivity contribution is 6.51. The Morgan fingerprint density at radius 3 is 2.19 bits per heavy atom. The van der Waals surface area contributed by atoms with Gasteiger partial charge in [-0.2, -0.15) is 0 Å². The van der Waals surface area contributed by atoms with Crippen LogP contribution < -0.4 is 4.90 Å². The first-order valence-corrected chi connectivity index (χ1v) is 10.3. The summed E-state index contributed by atoms with van der Waals surface area (Å²) in [5, 5.41) is 11.6. The number of hydrogen-bond donors (Lipinski definition) is 1. The topological polar surface area (TPSA) is 70.5 Å². The van der Waals surface area contributed by atoms with Crippen LogP contribution in [0.2, 0.25) is 10.0 Å². The number of Topliss-reactive ketones (excluding diaryl/α,β-unsaturated/α-hetero) is 1. The maximum atomic E-state index is 13.1. The number of aryl methyl sites for hydroxylation is 2. The number of nitrogens with zero attached hydrogens (tertiary/aromatic N) is 2. The number of benzene rings is 2. The van der Waals surface area contributed by atoms with E-state index in [1.165, 1.54) is 17.0 Å². The van der Waals surface area contributed by atoms with E-state index >= 15 is 0 Å². The lowest BCUT2D eigenvalue weighted by molar-refractivity contribution is -0.132. The number of aliphatic hydroxyl groups is 1. The maximum Gasteiger partial charge on any atom is 0.300 e. The summed E-state index contributed by atoms with van der Waals surface area (Å²) < 4.78 is 0. The van der Waals surface area contributed by atoms with Crippen molar-refractivity contribution in [3.05, 3.63) is 98.8 Å². The molecule has 2 aromatic carbocycles. The Labute approximate surface area is 189 Å². The number of hydrogen-bond acceptors (Lipinski definition) is 4. The first-order chi connectivity index (χ1) is 14.8. The van der Waals surface area contributed by atoms with Crippen LogP contribution in [0.15, 0.2) is 66.5 Å². The molecule has 1 amide bonds. The van der Waals surface area contributed by atoms with E-state index in [-0.39, 0.29) is 16.4 Å². The number of pyridine rings is 1. The fraction of sp³-hybridized carbons (Fsp3) is 0.125. The summed E-state index contributed by atoms with van der Waals surface area (Å²) in [5.74, 6) is -1.80. The molecule has 31 heavy (non-hydrogen) atoms. The molecule has 1 fully saturated rings. The Kier molecular flexibility index (Phi) is 5.56. The van der Waals surface area contributed by atoms with Crippen LogP contribution in [-0.2, 0) is 9.59 Å². The van der Waals surface area contributed by atoms with Crippen LogP contribution in [0.3, 0.4) is 0 Å². The number of ketones is 1. The molecule has 1 atom stereocenters. The molecule has 7 heteroatoms. The van der Waals surface area contributed by atoms with Gasteiger partial charge in [-0.1, -0.05) is 29.3 Å². The summed E-state index contributed by atoms with van der Waals surface area (Å²) >= 11 is 12.1. The Hall–Kier alpha value is -3.15. The predicted molar refractivity (Wildman–Crippen MR) is 121 cm³/mol. The number of aliphatic hydroxyl groups excluding tert-OH is 1. The van der Waals surface area contributed by atoms with Gasteiger partial charge in [0, 0.05) is 23.6 Å². The molecule has 1 unspecified atom stereocenters. The Morgan fingerprint density at radius 2 is 1.58 bits per heavy atom. The first kappa shape index (κ1) is 21.1. The van der Waals surface area contributed by atoms with Crippen molar-refractivity contribution < 1.29 is 14.7 Å². The van der Waals surface area contributed by atoms with E-state index in [2.05, 4.69) is 4.98 Å². The minimum absolute atomic E-state index is 0.0197. The molecule has 0 aliphatic carbocycles. The smallest absolute Gasteiger partial charge is 0.300 e. The molecule has 0 bridgehead atoms. The summed E-state index contributed by atoms with van der Waals surface area (Å²) in [6.07, 6.45) is 3.16. The molecule has 0 saturated carbocycles. The molecule has 1 N–H and O–H groups in total. The Morgan fingerprint density at radius 1 is 0.935 bits per heavy atom. The van der Waals surface area contributed by atoms with Gasteiger partial charge in [-0.3, -0.25) is 19.5 Å². The molecule has 3 aromatic rings. The van der Waals surface area contributed by atoms with Crippen LogP contribution >= 0.6 is 23.2 Å². The third kappa shape index (κ3) is 3.82. The molecule has 1 aromatic heterocycles. The zero-order valence-corrected chi connectivity index (χ0v) is 18.3. The van der Waals surface area contributed by atoms with Crippen molar-refractivity contribution in [2.45, 2.75) is 19.9 Å². The molecule has 156 valence electrons. The molecule has 5 nitrogen and oxygen atoms in total. The molecule has 1 aliphatic rings. The van der Waals surface area contributed by atoms with E-state index in [0.717, 1.165) is 11.1 Å². The van der Waals surface area contributed by atoms with Crippen LogP contribution in [0.25, 0.3) is 5.76 Å². The fourth-order valence-corrected chi connectivity index (χ4v) is 4.15. The van der Waals surface area contributed by atoms with Gasteiger partial charge in [0.1, 0.15) is 5.76 Å². The van der Waals surface area contributed by atoms with Crippen molar-refractivity contribution >= 4 is 46.3 Å². The summed E-state index contributed by atoms with van der Waals surface area (Å²) in [4.78, 5) is 31.7. The number of rotatable bonds is 3. The van der Waals surface area contributed by atoms with Crippen molar-refractivity contribution in [2.24, 2.45) is 0 Å². The van der Waals surface area contributed by atoms with Crippen molar-refractivity contribution in [3.8, 4) is 0 Å².